The Bertz CT molecular complexity index is 1170. The van der Waals surface area contributed by atoms with Crippen molar-refractivity contribution in [2.24, 2.45) is 0 Å². The van der Waals surface area contributed by atoms with Gasteiger partial charge < -0.3 is 30.1 Å². The number of ether oxygens (including phenoxy) is 2. The first-order valence-corrected chi connectivity index (χ1v) is 12.6. The van der Waals surface area contributed by atoms with E-state index in [1.807, 2.05) is 47.2 Å². The van der Waals surface area contributed by atoms with Crippen LogP contribution >= 0.6 is 0 Å². The van der Waals surface area contributed by atoms with Crippen molar-refractivity contribution in [1.82, 2.24) is 19.8 Å². The van der Waals surface area contributed by atoms with E-state index in [1.54, 1.807) is 0 Å². The SMILES string of the molecule is CN1CCC[C@H]1COc1nc(C(=O)O)c(N)c(N2CCN(CC(=O)OCc3ccccc3)[C@@H](CC#N)C2)n1. The van der Waals surface area contributed by atoms with Gasteiger partial charge >= 0.3 is 17.9 Å². The van der Waals surface area contributed by atoms with E-state index in [0.717, 1.165) is 24.9 Å². The van der Waals surface area contributed by atoms with Crippen molar-refractivity contribution >= 4 is 23.4 Å². The van der Waals surface area contributed by atoms with E-state index >= 15 is 0 Å². The van der Waals surface area contributed by atoms with Crippen LogP contribution in [0.2, 0.25) is 0 Å². The highest BCUT2D eigenvalue weighted by molar-refractivity contribution is 5.94. The van der Waals surface area contributed by atoms with E-state index in [-0.39, 0.29) is 60.8 Å². The summed E-state index contributed by atoms with van der Waals surface area (Å²) in [5.41, 5.74) is 6.70. The molecule has 0 radical (unpaired) electrons. The first kappa shape index (κ1) is 27.1. The summed E-state index contributed by atoms with van der Waals surface area (Å²) in [4.78, 5) is 38.8. The number of carboxylic acid groups (broad SMARTS) is 1. The van der Waals surface area contributed by atoms with E-state index in [9.17, 15) is 20.0 Å². The molecule has 3 heterocycles. The second kappa shape index (κ2) is 12.5. The Morgan fingerprint density at radius 3 is 2.66 bits per heavy atom. The van der Waals surface area contributed by atoms with Crippen molar-refractivity contribution in [3.63, 3.8) is 0 Å². The van der Waals surface area contributed by atoms with Crippen LogP contribution in [0.4, 0.5) is 11.5 Å². The van der Waals surface area contributed by atoms with Gasteiger partial charge in [0.25, 0.3) is 0 Å². The van der Waals surface area contributed by atoms with Crippen LogP contribution in [0.25, 0.3) is 0 Å². The zero-order chi connectivity index (χ0) is 27.1. The third kappa shape index (κ3) is 6.67. The summed E-state index contributed by atoms with van der Waals surface area (Å²) in [5, 5.41) is 19.1. The number of rotatable bonds is 10. The number of benzene rings is 1. The van der Waals surface area contributed by atoms with E-state index in [2.05, 4.69) is 20.9 Å². The van der Waals surface area contributed by atoms with Gasteiger partial charge in [0, 0.05) is 31.7 Å². The molecule has 1 aromatic heterocycles. The molecule has 1 aromatic carbocycles. The molecule has 0 aliphatic carbocycles. The monoisotopic (exact) mass is 523 g/mol. The molecule has 2 aliphatic rings. The first-order valence-electron chi connectivity index (χ1n) is 12.6. The predicted octanol–water partition coefficient (Wildman–Crippen LogP) is 1.38. The van der Waals surface area contributed by atoms with Gasteiger partial charge in [0.2, 0.25) is 0 Å². The van der Waals surface area contributed by atoms with E-state index in [1.165, 1.54) is 0 Å². The molecule has 2 atom stereocenters. The van der Waals surface area contributed by atoms with Crippen LogP contribution in [0.1, 0.15) is 35.3 Å². The van der Waals surface area contributed by atoms with Gasteiger partial charge in [-0.3, -0.25) is 9.69 Å². The van der Waals surface area contributed by atoms with Crippen molar-refractivity contribution in [3.05, 3.63) is 41.6 Å². The summed E-state index contributed by atoms with van der Waals surface area (Å²) < 4.78 is 11.2. The first-order chi connectivity index (χ1) is 18.4. The topological polar surface area (TPSA) is 158 Å². The van der Waals surface area contributed by atoms with Gasteiger partial charge in [-0.05, 0) is 32.0 Å². The highest BCUT2D eigenvalue weighted by Crippen LogP contribution is 2.29. The number of aromatic carboxylic acids is 1. The van der Waals surface area contributed by atoms with E-state index in [0.29, 0.717) is 26.2 Å². The summed E-state index contributed by atoms with van der Waals surface area (Å²) in [7, 11) is 2.02. The lowest BCUT2D eigenvalue weighted by Crippen LogP contribution is -2.55. The van der Waals surface area contributed by atoms with Crippen LogP contribution in [-0.2, 0) is 16.1 Å². The van der Waals surface area contributed by atoms with Gasteiger partial charge in [0.05, 0.1) is 19.0 Å². The molecule has 0 bridgehead atoms. The minimum Gasteiger partial charge on any atom is -0.476 e. The molecule has 4 rings (SSSR count). The van der Waals surface area contributed by atoms with Gasteiger partial charge in [-0.25, -0.2) is 4.79 Å². The second-order valence-electron chi connectivity index (χ2n) is 9.56. The highest BCUT2D eigenvalue weighted by atomic mass is 16.5. The van der Waals surface area contributed by atoms with Gasteiger partial charge in [-0.2, -0.15) is 15.2 Å². The smallest absolute Gasteiger partial charge is 0.357 e. The van der Waals surface area contributed by atoms with Gasteiger partial charge in [-0.1, -0.05) is 30.3 Å². The fourth-order valence-electron chi connectivity index (χ4n) is 4.81. The number of hydrogen-bond acceptors (Lipinski definition) is 11. The van der Waals surface area contributed by atoms with Crippen molar-refractivity contribution in [2.75, 3.05) is 57.0 Å². The van der Waals surface area contributed by atoms with Crippen LogP contribution < -0.4 is 15.4 Å². The Kier molecular flexibility index (Phi) is 8.93. The fourth-order valence-corrected chi connectivity index (χ4v) is 4.81. The van der Waals surface area contributed by atoms with Crippen molar-refractivity contribution in [3.8, 4) is 12.1 Å². The van der Waals surface area contributed by atoms with Crippen LogP contribution in [0.5, 0.6) is 6.01 Å². The maximum atomic E-state index is 12.5. The lowest BCUT2D eigenvalue weighted by Gasteiger charge is -2.40. The predicted molar refractivity (Wildman–Crippen MR) is 139 cm³/mol. The third-order valence-electron chi connectivity index (χ3n) is 6.99. The number of aromatic nitrogens is 2. The molecule has 0 saturated carbocycles. The second-order valence-corrected chi connectivity index (χ2v) is 9.56. The molecule has 3 N–H and O–H groups in total. The lowest BCUT2D eigenvalue weighted by molar-refractivity contribution is -0.147. The van der Waals surface area contributed by atoms with Crippen molar-refractivity contribution < 1.29 is 24.2 Å². The summed E-state index contributed by atoms with van der Waals surface area (Å²) in [6.45, 7) is 2.71. The number of carbonyl (C=O) groups is 2. The van der Waals surface area contributed by atoms with Crippen LogP contribution in [0.15, 0.2) is 30.3 Å². The summed E-state index contributed by atoms with van der Waals surface area (Å²) in [5.74, 6) is -1.41. The highest BCUT2D eigenvalue weighted by Gasteiger charge is 2.32. The zero-order valence-corrected chi connectivity index (χ0v) is 21.5. The van der Waals surface area contributed by atoms with Crippen molar-refractivity contribution in [1.29, 1.82) is 5.26 Å². The van der Waals surface area contributed by atoms with E-state index < -0.39 is 5.97 Å². The van der Waals surface area contributed by atoms with Gasteiger partial charge in [0.1, 0.15) is 18.9 Å². The molecule has 38 heavy (non-hydrogen) atoms. The average molecular weight is 524 g/mol. The molecule has 2 aromatic rings. The molecule has 2 aliphatic heterocycles. The number of anilines is 2. The number of nitriles is 1. The van der Waals surface area contributed by atoms with E-state index in [4.69, 9.17) is 15.2 Å². The maximum Gasteiger partial charge on any atom is 0.357 e. The number of nitrogens with zero attached hydrogens (tertiary/aromatic N) is 6. The number of carbonyl (C=O) groups excluding carboxylic acids is 1. The quantitative estimate of drug-likeness (QED) is 0.432. The minimum absolute atomic E-state index is 0.0376. The number of piperazine rings is 1. The third-order valence-corrected chi connectivity index (χ3v) is 6.99. The van der Waals surface area contributed by atoms with Crippen LogP contribution in [0, 0.1) is 11.3 Å². The standard InChI is InChI=1S/C26H33N7O5/c1-31-11-5-8-20(31)17-38-26-29-23(25(35)36)22(28)24(30-26)33-13-12-32(19(14-33)9-10-27)15-21(34)37-16-18-6-3-2-4-7-18/h2-4,6-7,19-20H,5,8-9,11-17,28H2,1H3,(H,35,36)/t19-,20-/m0/s1. The molecule has 12 heteroatoms. The number of nitrogen functional groups attached to an aromatic ring is 1. The summed E-state index contributed by atoms with van der Waals surface area (Å²) >= 11 is 0. The molecule has 0 spiro atoms. The Morgan fingerprint density at radius 2 is 1.97 bits per heavy atom. The Morgan fingerprint density at radius 1 is 1.18 bits per heavy atom. The number of nitrogens with two attached hydrogens (primary N) is 1. The number of carboxylic acids is 1. The number of hydrogen-bond donors (Lipinski definition) is 2. The summed E-state index contributed by atoms with van der Waals surface area (Å²) in [6.07, 6.45) is 2.22. The Labute approximate surface area is 221 Å². The molecule has 2 saturated heterocycles. The fraction of sp³-hybridized carbons (Fsp3) is 0.500. The summed E-state index contributed by atoms with van der Waals surface area (Å²) in [6, 6.07) is 11.4. The van der Waals surface area contributed by atoms with Crippen molar-refractivity contribution in [2.45, 2.75) is 38.0 Å². The number of esters is 1. The zero-order valence-electron chi connectivity index (χ0n) is 21.5. The molecular weight excluding hydrogens is 490 g/mol. The van der Waals surface area contributed by atoms with Crippen LogP contribution in [0.3, 0.4) is 0 Å². The largest absolute Gasteiger partial charge is 0.476 e. The maximum absolute atomic E-state index is 12.5. The number of likely N-dealkylation sites (tertiary alicyclic amines) is 1. The van der Waals surface area contributed by atoms with Gasteiger partial charge in [-0.15, -0.1) is 0 Å². The molecular formula is C26H33N7O5. The van der Waals surface area contributed by atoms with Gasteiger partial charge in [0.15, 0.2) is 11.5 Å². The molecule has 12 nitrogen and oxygen atoms in total. The average Bonchev–Trinajstić information content (AvgIpc) is 3.33. The normalized spacial score (nSPS) is 20.2. The minimum atomic E-state index is -1.28. The van der Waals surface area contributed by atoms with Crippen LogP contribution in [-0.4, -0.2) is 95.3 Å². The molecule has 0 unspecified atom stereocenters. The Hall–Kier alpha value is -3.95. The lowest BCUT2D eigenvalue weighted by atomic mass is 10.1. The molecule has 0 amide bonds. The Balaban J connectivity index is 1.44. The molecule has 202 valence electrons. The number of likely N-dealkylation sites (N-methyl/N-ethyl adjacent to an activating group) is 1. The molecule has 2 fully saturated rings.